The van der Waals surface area contributed by atoms with Gasteiger partial charge in [0.05, 0.1) is 6.04 Å². The van der Waals surface area contributed by atoms with Crippen molar-refractivity contribution >= 4 is 23.3 Å². The van der Waals surface area contributed by atoms with Crippen LogP contribution in [0, 0.1) is 26.6 Å². The minimum absolute atomic E-state index is 0.0278. The molecule has 0 bridgehead atoms. The van der Waals surface area contributed by atoms with Gasteiger partial charge in [-0.3, -0.25) is 4.79 Å². The van der Waals surface area contributed by atoms with E-state index in [0.717, 1.165) is 11.3 Å². The zero-order valence-corrected chi connectivity index (χ0v) is 15.1. The smallest absolute Gasteiger partial charge is 0.319 e. The number of aryl methyl sites for hydroxylation is 3. The van der Waals surface area contributed by atoms with Crippen LogP contribution in [0.1, 0.15) is 23.1 Å². The SMILES string of the molecule is Cc1ccc(N2C[C@@H](NC(=O)Nc3ccc(C)c(F)c3)CC2=O)cc1C. The van der Waals surface area contributed by atoms with E-state index >= 15 is 0 Å². The summed E-state index contributed by atoms with van der Waals surface area (Å²) in [6.07, 6.45) is 0.239. The van der Waals surface area contributed by atoms with Gasteiger partial charge in [0.2, 0.25) is 5.91 Å². The molecule has 1 heterocycles. The summed E-state index contributed by atoms with van der Waals surface area (Å²) in [5.41, 5.74) is 4.01. The molecular weight excluding hydrogens is 333 g/mol. The zero-order chi connectivity index (χ0) is 18.8. The number of nitrogens with zero attached hydrogens (tertiary/aromatic N) is 1. The maximum atomic E-state index is 13.6. The van der Waals surface area contributed by atoms with E-state index in [0.29, 0.717) is 17.8 Å². The summed E-state index contributed by atoms with van der Waals surface area (Å²) in [6, 6.07) is 9.65. The van der Waals surface area contributed by atoms with E-state index in [1.54, 1.807) is 24.0 Å². The van der Waals surface area contributed by atoms with Gasteiger partial charge in [-0.05, 0) is 61.7 Å². The van der Waals surface area contributed by atoms with Gasteiger partial charge < -0.3 is 15.5 Å². The van der Waals surface area contributed by atoms with Gasteiger partial charge in [0.25, 0.3) is 0 Å². The van der Waals surface area contributed by atoms with Gasteiger partial charge in [0.1, 0.15) is 5.82 Å². The predicted molar refractivity (Wildman–Crippen MR) is 100.0 cm³/mol. The van der Waals surface area contributed by atoms with Crippen LogP contribution in [0.2, 0.25) is 0 Å². The van der Waals surface area contributed by atoms with Gasteiger partial charge in [-0.15, -0.1) is 0 Å². The second-order valence-electron chi connectivity index (χ2n) is 6.74. The molecule has 0 aliphatic carbocycles. The number of nitrogens with one attached hydrogen (secondary N) is 2. The van der Waals surface area contributed by atoms with E-state index in [9.17, 15) is 14.0 Å². The molecule has 136 valence electrons. The third-order valence-electron chi connectivity index (χ3n) is 4.69. The molecule has 1 aliphatic heterocycles. The van der Waals surface area contributed by atoms with Gasteiger partial charge in [-0.1, -0.05) is 12.1 Å². The van der Waals surface area contributed by atoms with Gasteiger partial charge in [-0.2, -0.15) is 0 Å². The number of hydrogen-bond donors (Lipinski definition) is 2. The number of carbonyl (C=O) groups excluding carboxylic acids is 2. The van der Waals surface area contributed by atoms with Crippen molar-refractivity contribution in [2.45, 2.75) is 33.2 Å². The second-order valence-corrected chi connectivity index (χ2v) is 6.74. The third kappa shape index (κ3) is 3.85. The minimum atomic E-state index is -0.451. The fourth-order valence-corrected chi connectivity index (χ4v) is 2.97. The lowest BCUT2D eigenvalue weighted by atomic mass is 10.1. The number of amides is 3. The Balaban J connectivity index is 1.62. The molecule has 26 heavy (non-hydrogen) atoms. The van der Waals surface area contributed by atoms with Crippen LogP contribution in [0.25, 0.3) is 0 Å². The topological polar surface area (TPSA) is 61.4 Å². The van der Waals surface area contributed by atoms with Crippen molar-refractivity contribution in [1.82, 2.24) is 5.32 Å². The highest BCUT2D eigenvalue weighted by Gasteiger charge is 2.31. The lowest BCUT2D eigenvalue weighted by Gasteiger charge is -2.18. The summed E-state index contributed by atoms with van der Waals surface area (Å²) >= 11 is 0. The summed E-state index contributed by atoms with van der Waals surface area (Å²) in [7, 11) is 0. The molecule has 1 fully saturated rings. The zero-order valence-electron chi connectivity index (χ0n) is 15.1. The molecule has 0 saturated carbocycles. The minimum Gasteiger partial charge on any atom is -0.333 e. The maximum Gasteiger partial charge on any atom is 0.319 e. The van der Waals surface area contributed by atoms with E-state index in [-0.39, 0.29) is 24.2 Å². The molecule has 0 radical (unpaired) electrons. The van der Waals surface area contributed by atoms with E-state index in [2.05, 4.69) is 10.6 Å². The standard InChI is InChI=1S/C20H22FN3O2/c1-12-5-7-17(8-14(12)3)24-11-16(10-19(24)25)23-20(26)22-15-6-4-13(2)18(21)9-15/h4-9,16H,10-11H2,1-3H3,(H2,22,23,26)/t16-/m0/s1. The Bertz CT molecular complexity index is 866. The Kier molecular flexibility index (Phi) is 4.93. The number of halogens is 1. The molecule has 1 saturated heterocycles. The van der Waals surface area contributed by atoms with E-state index < -0.39 is 6.03 Å². The van der Waals surface area contributed by atoms with E-state index in [4.69, 9.17) is 0 Å². The molecule has 2 N–H and O–H groups in total. The number of rotatable bonds is 3. The lowest BCUT2D eigenvalue weighted by Crippen LogP contribution is -2.39. The molecular formula is C20H22FN3O2. The Morgan fingerprint density at radius 2 is 1.81 bits per heavy atom. The molecule has 3 rings (SSSR count). The van der Waals surface area contributed by atoms with Crippen molar-refractivity contribution in [3.8, 4) is 0 Å². The van der Waals surface area contributed by atoms with Crippen molar-refractivity contribution < 1.29 is 14.0 Å². The molecule has 0 unspecified atom stereocenters. The number of urea groups is 1. The van der Waals surface area contributed by atoms with E-state index in [1.807, 2.05) is 32.0 Å². The van der Waals surface area contributed by atoms with E-state index in [1.165, 1.54) is 11.6 Å². The van der Waals surface area contributed by atoms with Crippen LogP contribution in [-0.4, -0.2) is 24.5 Å². The summed E-state index contributed by atoms with van der Waals surface area (Å²) in [4.78, 5) is 26.1. The van der Waals surface area contributed by atoms with Crippen LogP contribution < -0.4 is 15.5 Å². The third-order valence-corrected chi connectivity index (χ3v) is 4.69. The molecule has 1 aliphatic rings. The van der Waals surface area contributed by atoms with Gasteiger partial charge >= 0.3 is 6.03 Å². The van der Waals surface area contributed by atoms with Crippen LogP contribution >= 0.6 is 0 Å². The van der Waals surface area contributed by atoms with Crippen LogP contribution in [0.4, 0.5) is 20.6 Å². The average Bonchev–Trinajstić information content (AvgIpc) is 2.93. The van der Waals surface area contributed by atoms with Crippen molar-refractivity contribution in [3.63, 3.8) is 0 Å². The Morgan fingerprint density at radius 1 is 1.08 bits per heavy atom. The first-order valence-corrected chi connectivity index (χ1v) is 8.55. The summed E-state index contributed by atoms with van der Waals surface area (Å²) < 4.78 is 13.6. The average molecular weight is 355 g/mol. The number of anilines is 2. The van der Waals surface area contributed by atoms with Crippen molar-refractivity contribution in [2.75, 3.05) is 16.8 Å². The first-order valence-electron chi connectivity index (χ1n) is 8.55. The molecule has 5 nitrogen and oxygen atoms in total. The van der Waals surface area contributed by atoms with Crippen LogP contribution in [0.15, 0.2) is 36.4 Å². The Labute approximate surface area is 152 Å². The largest absolute Gasteiger partial charge is 0.333 e. The molecule has 6 heteroatoms. The summed E-state index contributed by atoms with van der Waals surface area (Å²) in [5.74, 6) is -0.403. The predicted octanol–water partition coefficient (Wildman–Crippen LogP) is 3.68. The summed E-state index contributed by atoms with van der Waals surface area (Å²) in [5, 5.41) is 5.39. The van der Waals surface area contributed by atoms with Crippen LogP contribution in [0.5, 0.6) is 0 Å². The van der Waals surface area contributed by atoms with Crippen LogP contribution in [-0.2, 0) is 4.79 Å². The first-order chi connectivity index (χ1) is 12.3. The first kappa shape index (κ1) is 17.9. The number of hydrogen-bond acceptors (Lipinski definition) is 2. The molecule has 0 spiro atoms. The van der Waals surface area contributed by atoms with Crippen LogP contribution in [0.3, 0.4) is 0 Å². The Hall–Kier alpha value is -2.89. The normalized spacial score (nSPS) is 16.7. The monoisotopic (exact) mass is 355 g/mol. The lowest BCUT2D eigenvalue weighted by molar-refractivity contribution is -0.117. The highest BCUT2D eigenvalue weighted by atomic mass is 19.1. The quantitative estimate of drug-likeness (QED) is 0.882. The molecule has 3 amide bonds. The molecule has 2 aromatic rings. The highest BCUT2D eigenvalue weighted by Crippen LogP contribution is 2.24. The van der Waals surface area contributed by atoms with Crippen molar-refractivity contribution in [3.05, 3.63) is 58.9 Å². The molecule has 1 atom stereocenters. The van der Waals surface area contributed by atoms with Crippen molar-refractivity contribution in [1.29, 1.82) is 0 Å². The highest BCUT2D eigenvalue weighted by molar-refractivity contribution is 5.97. The maximum absolute atomic E-state index is 13.6. The molecule has 0 aromatic heterocycles. The van der Waals surface area contributed by atoms with Gasteiger partial charge in [-0.25, -0.2) is 9.18 Å². The van der Waals surface area contributed by atoms with Gasteiger partial charge in [0.15, 0.2) is 0 Å². The number of carbonyl (C=O) groups is 2. The fourth-order valence-electron chi connectivity index (χ4n) is 2.97. The van der Waals surface area contributed by atoms with Gasteiger partial charge in [0, 0.05) is 24.3 Å². The molecule has 2 aromatic carbocycles. The fraction of sp³-hybridized carbons (Fsp3) is 0.300. The summed E-state index contributed by atoms with van der Waals surface area (Å²) in [6.45, 7) is 6.10. The Morgan fingerprint density at radius 3 is 2.50 bits per heavy atom. The van der Waals surface area contributed by atoms with Crippen molar-refractivity contribution in [2.24, 2.45) is 0 Å². The number of benzene rings is 2. The second kappa shape index (κ2) is 7.15.